The van der Waals surface area contributed by atoms with Crippen molar-refractivity contribution in [2.24, 2.45) is 16.7 Å². The summed E-state index contributed by atoms with van der Waals surface area (Å²) in [6.45, 7) is 13.8. The lowest BCUT2D eigenvalue weighted by molar-refractivity contribution is 0.457. The molecule has 1 aliphatic rings. The first-order valence-electron chi connectivity index (χ1n) is 6.47. The highest BCUT2D eigenvalue weighted by molar-refractivity contribution is 7.09. The zero-order chi connectivity index (χ0) is 12.7. The molecule has 1 aromatic heterocycles. The molecule has 0 unspecified atom stereocenters. The van der Waals surface area contributed by atoms with Crippen LogP contribution < -0.4 is 5.32 Å². The highest BCUT2D eigenvalue weighted by Gasteiger charge is 2.63. The number of rotatable bonds is 5. The van der Waals surface area contributed by atoms with Gasteiger partial charge in [0.15, 0.2) is 0 Å². The first-order chi connectivity index (χ1) is 7.87. The standard InChI is InChI=1S/C14H24N2S/c1-10-11(17-9-16-10)6-7-15-8-12-13(2,3)14(12,4)5/h9,12,15H,6-8H2,1-5H3. The van der Waals surface area contributed by atoms with Crippen molar-refractivity contribution >= 4 is 11.3 Å². The molecule has 96 valence electrons. The van der Waals surface area contributed by atoms with Gasteiger partial charge in [0.2, 0.25) is 0 Å². The molecule has 1 saturated carbocycles. The molecule has 2 nitrogen and oxygen atoms in total. The van der Waals surface area contributed by atoms with Gasteiger partial charge in [0, 0.05) is 11.4 Å². The van der Waals surface area contributed by atoms with Gasteiger partial charge < -0.3 is 5.32 Å². The Bertz CT molecular complexity index is 379. The Hall–Kier alpha value is -0.410. The van der Waals surface area contributed by atoms with E-state index in [4.69, 9.17) is 0 Å². The maximum atomic E-state index is 4.28. The van der Waals surface area contributed by atoms with Crippen molar-refractivity contribution in [2.45, 2.75) is 41.0 Å². The molecule has 3 heteroatoms. The molecule has 2 rings (SSSR count). The quantitative estimate of drug-likeness (QED) is 0.814. The average Bonchev–Trinajstić information content (AvgIpc) is 2.56. The molecule has 1 N–H and O–H groups in total. The Labute approximate surface area is 109 Å². The summed E-state index contributed by atoms with van der Waals surface area (Å²) in [6.07, 6.45) is 1.12. The molecule has 0 saturated heterocycles. The number of nitrogens with zero attached hydrogens (tertiary/aromatic N) is 1. The highest BCUT2D eigenvalue weighted by Crippen LogP contribution is 2.67. The number of aromatic nitrogens is 1. The number of thiazole rings is 1. The Kier molecular flexibility index (Phi) is 3.34. The second kappa shape index (κ2) is 4.36. The fraction of sp³-hybridized carbons (Fsp3) is 0.786. The lowest BCUT2D eigenvalue weighted by atomic mass is 10.0. The Morgan fingerprint density at radius 3 is 2.41 bits per heavy atom. The predicted molar refractivity (Wildman–Crippen MR) is 74.5 cm³/mol. The fourth-order valence-electron chi connectivity index (χ4n) is 2.86. The van der Waals surface area contributed by atoms with Gasteiger partial charge in [0.05, 0.1) is 11.2 Å². The first kappa shape index (κ1) is 13.0. The van der Waals surface area contributed by atoms with Crippen LogP contribution in [0.5, 0.6) is 0 Å². The van der Waals surface area contributed by atoms with Crippen LogP contribution in [0.15, 0.2) is 5.51 Å². The lowest BCUT2D eigenvalue weighted by Crippen LogP contribution is -2.21. The molecule has 0 spiro atoms. The summed E-state index contributed by atoms with van der Waals surface area (Å²) in [6, 6.07) is 0. The van der Waals surface area contributed by atoms with Crippen LogP contribution in [0.2, 0.25) is 0 Å². The van der Waals surface area contributed by atoms with Crippen LogP contribution in [-0.2, 0) is 6.42 Å². The van der Waals surface area contributed by atoms with Crippen molar-refractivity contribution in [3.63, 3.8) is 0 Å². The van der Waals surface area contributed by atoms with E-state index in [1.165, 1.54) is 10.6 Å². The van der Waals surface area contributed by atoms with Crippen molar-refractivity contribution in [3.8, 4) is 0 Å². The molecule has 0 radical (unpaired) electrons. The van der Waals surface area contributed by atoms with E-state index in [-0.39, 0.29) is 0 Å². The van der Waals surface area contributed by atoms with E-state index >= 15 is 0 Å². The van der Waals surface area contributed by atoms with Crippen molar-refractivity contribution < 1.29 is 0 Å². The van der Waals surface area contributed by atoms with E-state index in [1.54, 1.807) is 11.3 Å². The van der Waals surface area contributed by atoms with Crippen LogP contribution >= 0.6 is 11.3 Å². The van der Waals surface area contributed by atoms with Gasteiger partial charge in [-0.1, -0.05) is 27.7 Å². The third-order valence-corrected chi connectivity index (χ3v) is 6.04. The maximum absolute atomic E-state index is 4.28. The van der Waals surface area contributed by atoms with Crippen LogP contribution in [0.25, 0.3) is 0 Å². The van der Waals surface area contributed by atoms with Gasteiger partial charge in [0.25, 0.3) is 0 Å². The largest absolute Gasteiger partial charge is 0.316 e. The molecule has 0 aliphatic heterocycles. The minimum atomic E-state index is 0.500. The minimum absolute atomic E-state index is 0.500. The Balaban J connectivity index is 1.70. The average molecular weight is 252 g/mol. The number of hydrogen-bond acceptors (Lipinski definition) is 3. The summed E-state index contributed by atoms with van der Waals surface area (Å²) in [7, 11) is 0. The van der Waals surface area contributed by atoms with E-state index in [2.05, 4.69) is 44.9 Å². The molecule has 0 aromatic carbocycles. The highest BCUT2D eigenvalue weighted by atomic mass is 32.1. The van der Waals surface area contributed by atoms with Crippen LogP contribution in [-0.4, -0.2) is 18.1 Å². The molecular weight excluding hydrogens is 228 g/mol. The van der Waals surface area contributed by atoms with Crippen LogP contribution in [0.3, 0.4) is 0 Å². The van der Waals surface area contributed by atoms with Crippen molar-refractivity contribution in [1.82, 2.24) is 10.3 Å². The van der Waals surface area contributed by atoms with E-state index < -0.39 is 0 Å². The Morgan fingerprint density at radius 2 is 1.94 bits per heavy atom. The van der Waals surface area contributed by atoms with E-state index in [0.29, 0.717) is 10.8 Å². The summed E-state index contributed by atoms with van der Waals surface area (Å²) in [5.41, 5.74) is 4.14. The SMILES string of the molecule is Cc1ncsc1CCNCC1C(C)(C)C1(C)C. The number of hydrogen-bond donors (Lipinski definition) is 1. The van der Waals surface area contributed by atoms with Gasteiger partial charge in [0.1, 0.15) is 0 Å². The molecule has 1 fully saturated rings. The fourth-order valence-corrected chi connectivity index (χ4v) is 3.64. The van der Waals surface area contributed by atoms with Gasteiger partial charge in [-0.15, -0.1) is 11.3 Å². The van der Waals surface area contributed by atoms with Crippen LogP contribution in [0.4, 0.5) is 0 Å². The molecular formula is C14H24N2S. The third kappa shape index (κ3) is 2.27. The van der Waals surface area contributed by atoms with E-state index in [1.807, 2.05) is 5.51 Å². The predicted octanol–water partition coefficient (Wildman–Crippen LogP) is 3.27. The number of nitrogens with one attached hydrogen (secondary N) is 1. The normalized spacial score (nSPS) is 21.7. The van der Waals surface area contributed by atoms with E-state index in [0.717, 1.165) is 25.4 Å². The summed E-state index contributed by atoms with van der Waals surface area (Å²) < 4.78 is 0. The topological polar surface area (TPSA) is 24.9 Å². The van der Waals surface area contributed by atoms with Gasteiger partial charge in [-0.05, 0) is 36.6 Å². The van der Waals surface area contributed by atoms with Gasteiger partial charge in [-0.25, -0.2) is 4.98 Å². The number of aryl methyl sites for hydroxylation is 1. The van der Waals surface area contributed by atoms with E-state index in [9.17, 15) is 0 Å². The van der Waals surface area contributed by atoms with Crippen molar-refractivity contribution in [1.29, 1.82) is 0 Å². The zero-order valence-corrected chi connectivity index (χ0v) is 12.4. The summed E-state index contributed by atoms with van der Waals surface area (Å²) in [4.78, 5) is 5.70. The molecule has 0 amide bonds. The van der Waals surface area contributed by atoms with Gasteiger partial charge in [-0.2, -0.15) is 0 Å². The van der Waals surface area contributed by atoms with Gasteiger partial charge >= 0.3 is 0 Å². The second-order valence-corrected chi connectivity index (χ2v) is 7.25. The summed E-state index contributed by atoms with van der Waals surface area (Å²) >= 11 is 1.77. The monoisotopic (exact) mass is 252 g/mol. The Morgan fingerprint density at radius 1 is 1.29 bits per heavy atom. The van der Waals surface area contributed by atoms with Crippen LogP contribution in [0, 0.1) is 23.7 Å². The second-order valence-electron chi connectivity index (χ2n) is 6.31. The molecule has 1 aromatic rings. The van der Waals surface area contributed by atoms with Crippen LogP contribution in [0.1, 0.15) is 38.3 Å². The molecule has 1 heterocycles. The molecule has 0 atom stereocenters. The molecule has 1 aliphatic carbocycles. The molecule has 17 heavy (non-hydrogen) atoms. The summed E-state index contributed by atoms with van der Waals surface area (Å²) in [5.74, 6) is 0.817. The van der Waals surface area contributed by atoms with Gasteiger partial charge in [-0.3, -0.25) is 0 Å². The first-order valence-corrected chi connectivity index (χ1v) is 7.35. The summed E-state index contributed by atoms with van der Waals surface area (Å²) in [5, 5.41) is 3.60. The van der Waals surface area contributed by atoms with Crippen molar-refractivity contribution in [3.05, 3.63) is 16.1 Å². The maximum Gasteiger partial charge on any atom is 0.0797 e. The smallest absolute Gasteiger partial charge is 0.0797 e. The third-order valence-electron chi connectivity index (χ3n) is 5.04. The zero-order valence-electron chi connectivity index (χ0n) is 11.6. The minimum Gasteiger partial charge on any atom is -0.316 e. The van der Waals surface area contributed by atoms with Crippen molar-refractivity contribution in [2.75, 3.05) is 13.1 Å². The molecule has 0 bridgehead atoms. The lowest BCUT2D eigenvalue weighted by Gasteiger charge is -2.05.